The molecule has 0 saturated heterocycles. The Labute approximate surface area is 182 Å². The van der Waals surface area contributed by atoms with Gasteiger partial charge in [0.1, 0.15) is 11.8 Å². The van der Waals surface area contributed by atoms with Gasteiger partial charge in [-0.3, -0.25) is 14.5 Å². The molecule has 6 nitrogen and oxygen atoms in total. The summed E-state index contributed by atoms with van der Waals surface area (Å²) in [6.07, 6.45) is 0. The van der Waals surface area contributed by atoms with Crippen LogP contribution in [-0.2, 0) is 9.59 Å². The molecular formula is C25H27N3O3. The molecule has 0 heterocycles. The second kappa shape index (κ2) is 10.4. The molecule has 0 radical (unpaired) electrons. The van der Waals surface area contributed by atoms with E-state index in [1.54, 1.807) is 37.3 Å². The number of anilines is 2. The molecule has 0 spiro atoms. The van der Waals surface area contributed by atoms with Crippen molar-refractivity contribution >= 4 is 23.2 Å². The highest BCUT2D eigenvalue weighted by Crippen LogP contribution is 2.22. The van der Waals surface area contributed by atoms with E-state index in [9.17, 15) is 9.59 Å². The molecule has 31 heavy (non-hydrogen) atoms. The van der Waals surface area contributed by atoms with E-state index in [1.165, 1.54) is 0 Å². The number of benzene rings is 3. The van der Waals surface area contributed by atoms with E-state index in [4.69, 9.17) is 4.74 Å². The first-order valence-electron chi connectivity index (χ1n) is 10.0. The lowest BCUT2D eigenvalue weighted by Crippen LogP contribution is -2.39. The fourth-order valence-electron chi connectivity index (χ4n) is 3.31. The molecule has 6 heteroatoms. The van der Waals surface area contributed by atoms with Crippen LogP contribution in [0.25, 0.3) is 0 Å². The number of likely N-dealkylation sites (N-methyl/N-ethyl adjacent to an activating group) is 1. The molecule has 3 rings (SSSR count). The maximum Gasteiger partial charge on any atom is 0.246 e. The Hall–Kier alpha value is -3.64. The third-order valence-corrected chi connectivity index (χ3v) is 4.87. The number of ether oxygens (including phenoxy) is 1. The summed E-state index contributed by atoms with van der Waals surface area (Å²) in [6.45, 7) is 2.03. The monoisotopic (exact) mass is 417 g/mol. The van der Waals surface area contributed by atoms with Gasteiger partial charge in [-0.25, -0.2) is 0 Å². The molecule has 0 aliphatic heterocycles. The smallest absolute Gasteiger partial charge is 0.246 e. The van der Waals surface area contributed by atoms with Gasteiger partial charge in [0.15, 0.2) is 0 Å². The van der Waals surface area contributed by atoms with Gasteiger partial charge in [-0.05, 0) is 43.8 Å². The van der Waals surface area contributed by atoms with E-state index >= 15 is 0 Å². The summed E-state index contributed by atoms with van der Waals surface area (Å²) in [7, 11) is 3.34. The quantitative estimate of drug-likeness (QED) is 0.575. The first-order valence-corrected chi connectivity index (χ1v) is 10.0. The van der Waals surface area contributed by atoms with E-state index in [0.29, 0.717) is 17.1 Å². The van der Waals surface area contributed by atoms with Crippen LogP contribution in [0, 0.1) is 6.92 Å². The molecule has 0 aliphatic rings. The second-order valence-electron chi connectivity index (χ2n) is 7.36. The third kappa shape index (κ3) is 6.17. The van der Waals surface area contributed by atoms with Crippen molar-refractivity contribution in [3.8, 4) is 5.75 Å². The normalized spacial score (nSPS) is 11.6. The van der Waals surface area contributed by atoms with Crippen LogP contribution >= 0.6 is 0 Å². The Morgan fingerprint density at radius 3 is 2.29 bits per heavy atom. The largest absolute Gasteiger partial charge is 0.497 e. The van der Waals surface area contributed by atoms with Crippen molar-refractivity contribution in [3.63, 3.8) is 0 Å². The molecule has 0 aromatic heterocycles. The van der Waals surface area contributed by atoms with Crippen LogP contribution in [0.1, 0.15) is 17.2 Å². The van der Waals surface area contributed by atoms with Gasteiger partial charge < -0.3 is 15.4 Å². The van der Waals surface area contributed by atoms with Gasteiger partial charge >= 0.3 is 0 Å². The SMILES string of the molecule is COc1cccc(NC(=O)CN(C)[C@H](C(=O)Nc2ccc(C)cc2)c2ccccc2)c1. The highest BCUT2D eigenvalue weighted by atomic mass is 16.5. The molecule has 0 bridgehead atoms. The van der Waals surface area contributed by atoms with Crippen LogP contribution in [0.5, 0.6) is 5.75 Å². The molecule has 1 atom stereocenters. The van der Waals surface area contributed by atoms with Gasteiger partial charge in [0, 0.05) is 17.4 Å². The van der Waals surface area contributed by atoms with Crippen LogP contribution in [0.4, 0.5) is 11.4 Å². The van der Waals surface area contributed by atoms with Crippen molar-refractivity contribution in [2.24, 2.45) is 0 Å². The summed E-state index contributed by atoms with van der Waals surface area (Å²) in [5.74, 6) is 0.234. The summed E-state index contributed by atoms with van der Waals surface area (Å²) >= 11 is 0. The molecule has 2 N–H and O–H groups in total. The maximum atomic E-state index is 13.2. The Balaban J connectivity index is 1.74. The maximum absolute atomic E-state index is 13.2. The molecule has 0 fully saturated rings. The average Bonchev–Trinajstić information content (AvgIpc) is 2.76. The van der Waals surface area contributed by atoms with Crippen molar-refractivity contribution < 1.29 is 14.3 Å². The third-order valence-electron chi connectivity index (χ3n) is 4.87. The lowest BCUT2D eigenvalue weighted by Gasteiger charge is -2.27. The minimum Gasteiger partial charge on any atom is -0.497 e. The minimum absolute atomic E-state index is 0.0398. The number of rotatable bonds is 8. The predicted molar refractivity (Wildman–Crippen MR) is 123 cm³/mol. The molecule has 160 valence electrons. The zero-order chi connectivity index (χ0) is 22.2. The number of hydrogen-bond acceptors (Lipinski definition) is 4. The van der Waals surface area contributed by atoms with Gasteiger partial charge in [-0.2, -0.15) is 0 Å². The Morgan fingerprint density at radius 2 is 1.61 bits per heavy atom. The van der Waals surface area contributed by atoms with E-state index in [2.05, 4.69) is 10.6 Å². The summed E-state index contributed by atoms with van der Waals surface area (Å²) in [6, 6.07) is 23.6. The molecule has 3 aromatic rings. The summed E-state index contributed by atoms with van der Waals surface area (Å²) in [5, 5.41) is 5.81. The number of methoxy groups -OCH3 is 1. The number of hydrogen-bond donors (Lipinski definition) is 2. The number of aryl methyl sites for hydroxylation is 1. The number of nitrogens with one attached hydrogen (secondary N) is 2. The lowest BCUT2D eigenvalue weighted by atomic mass is 10.0. The molecule has 3 aromatic carbocycles. The second-order valence-corrected chi connectivity index (χ2v) is 7.36. The van der Waals surface area contributed by atoms with Gasteiger partial charge in [-0.15, -0.1) is 0 Å². The van der Waals surface area contributed by atoms with Crippen LogP contribution in [0.15, 0.2) is 78.9 Å². The number of amides is 2. The van der Waals surface area contributed by atoms with Crippen molar-refractivity contribution in [2.45, 2.75) is 13.0 Å². The predicted octanol–water partition coefficient (Wildman–Crippen LogP) is 4.25. The average molecular weight is 418 g/mol. The van der Waals surface area contributed by atoms with Gasteiger partial charge in [-0.1, -0.05) is 54.1 Å². The Kier molecular flexibility index (Phi) is 7.40. The zero-order valence-electron chi connectivity index (χ0n) is 18.0. The molecule has 0 unspecified atom stereocenters. The van der Waals surface area contributed by atoms with Crippen molar-refractivity contribution in [1.29, 1.82) is 0 Å². The van der Waals surface area contributed by atoms with Crippen molar-refractivity contribution in [3.05, 3.63) is 90.0 Å². The van der Waals surface area contributed by atoms with Gasteiger partial charge in [0.2, 0.25) is 11.8 Å². The number of carbonyl (C=O) groups excluding carboxylic acids is 2. The highest BCUT2D eigenvalue weighted by Gasteiger charge is 2.26. The van der Waals surface area contributed by atoms with Crippen LogP contribution in [-0.4, -0.2) is 37.4 Å². The Morgan fingerprint density at radius 1 is 0.903 bits per heavy atom. The highest BCUT2D eigenvalue weighted by molar-refractivity contribution is 5.97. The lowest BCUT2D eigenvalue weighted by molar-refractivity contribution is -0.123. The molecule has 0 aliphatic carbocycles. The van der Waals surface area contributed by atoms with E-state index in [-0.39, 0.29) is 18.4 Å². The minimum atomic E-state index is -0.626. The van der Waals surface area contributed by atoms with Crippen LogP contribution in [0.3, 0.4) is 0 Å². The van der Waals surface area contributed by atoms with Crippen molar-refractivity contribution in [1.82, 2.24) is 4.90 Å². The first kappa shape index (κ1) is 22.1. The zero-order valence-corrected chi connectivity index (χ0v) is 18.0. The summed E-state index contributed by atoms with van der Waals surface area (Å²) in [5.41, 5.74) is 3.27. The fraction of sp³-hybridized carbons (Fsp3) is 0.200. The number of nitrogens with zero attached hydrogens (tertiary/aromatic N) is 1. The first-order chi connectivity index (χ1) is 15.0. The molecular weight excluding hydrogens is 390 g/mol. The summed E-state index contributed by atoms with van der Waals surface area (Å²) in [4.78, 5) is 27.5. The molecule has 0 saturated carbocycles. The number of carbonyl (C=O) groups is 2. The Bertz CT molecular complexity index is 1020. The molecule has 2 amide bonds. The van der Waals surface area contributed by atoms with Gasteiger partial charge in [0.25, 0.3) is 0 Å². The summed E-state index contributed by atoms with van der Waals surface area (Å²) < 4.78 is 5.19. The van der Waals surface area contributed by atoms with E-state index in [1.807, 2.05) is 67.6 Å². The standard InChI is InChI=1S/C25H27N3O3/c1-18-12-14-20(15-13-18)27-25(30)24(19-8-5-4-6-9-19)28(2)17-23(29)26-21-10-7-11-22(16-21)31-3/h4-16,24H,17H2,1-3H3,(H,26,29)(H,27,30)/t24-/m0/s1. The fourth-order valence-corrected chi connectivity index (χ4v) is 3.31. The van der Waals surface area contributed by atoms with E-state index < -0.39 is 6.04 Å². The van der Waals surface area contributed by atoms with Crippen LogP contribution < -0.4 is 15.4 Å². The topological polar surface area (TPSA) is 70.7 Å². The van der Waals surface area contributed by atoms with Gasteiger partial charge in [0.05, 0.1) is 13.7 Å². The van der Waals surface area contributed by atoms with Crippen molar-refractivity contribution in [2.75, 3.05) is 31.3 Å². The van der Waals surface area contributed by atoms with E-state index in [0.717, 1.165) is 11.1 Å². The van der Waals surface area contributed by atoms with Crippen LogP contribution in [0.2, 0.25) is 0 Å².